The zero-order valence-electron chi connectivity index (χ0n) is 8.93. The standard InChI is InChI=1S/C11H13BrFNO2/c1-2-16-11(15)7-14-6-8-3-4-9(13)5-10(8)12/h3-5,14H,2,6-7H2,1H3. The Balaban J connectivity index is 2.40. The molecule has 1 N–H and O–H groups in total. The van der Waals surface area contributed by atoms with Gasteiger partial charge in [0, 0.05) is 11.0 Å². The Morgan fingerprint density at radius 2 is 2.31 bits per heavy atom. The average Bonchev–Trinajstić information content (AvgIpc) is 2.22. The average molecular weight is 290 g/mol. The van der Waals surface area contributed by atoms with Crippen molar-refractivity contribution in [2.45, 2.75) is 13.5 Å². The van der Waals surface area contributed by atoms with Gasteiger partial charge < -0.3 is 10.1 Å². The normalized spacial score (nSPS) is 10.2. The van der Waals surface area contributed by atoms with E-state index in [9.17, 15) is 9.18 Å². The van der Waals surface area contributed by atoms with Gasteiger partial charge in [-0.05, 0) is 24.6 Å². The quantitative estimate of drug-likeness (QED) is 0.845. The molecule has 0 radical (unpaired) electrons. The van der Waals surface area contributed by atoms with E-state index in [-0.39, 0.29) is 18.3 Å². The number of halogens is 2. The lowest BCUT2D eigenvalue weighted by atomic mass is 10.2. The van der Waals surface area contributed by atoms with E-state index in [2.05, 4.69) is 21.2 Å². The van der Waals surface area contributed by atoms with Crippen molar-refractivity contribution < 1.29 is 13.9 Å². The van der Waals surface area contributed by atoms with Crippen LogP contribution >= 0.6 is 15.9 Å². The first-order valence-corrected chi connectivity index (χ1v) is 5.73. The summed E-state index contributed by atoms with van der Waals surface area (Å²) in [5.41, 5.74) is 0.894. The molecule has 0 amide bonds. The Kier molecular flexibility index (Phi) is 5.42. The smallest absolute Gasteiger partial charge is 0.319 e. The second kappa shape index (κ2) is 6.60. The lowest BCUT2D eigenvalue weighted by Crippen LogP contribution is -2.24. The van der Waals surface area contributed by atoms with Crippen LogP contribution in [0.2, 0.25) is 0 Å². The molecule has 1 aromatic rings. The molecule has 5 heteroatoms. The second-order valence-corrected chi connectivity index (χ2v) is 4.00. The van der Waals surface area contributed by atoms with E-state index < -0.39 is 0 Å². The molecule has 0 spiro atoms. The lowest BCUT2D eigenvalue weighted by Gasteiger charge is -2.06. The summed E-state index contributed by atoms with van der Waals surface area (Å²) in [7, 11) is 0. The summed E-state index contributed by atoms with van der Waals surface area (Å²) < 4.78 is 18.2. The highest BCUT2D eigenvalue weighted by Crippen LogP contribution is 2.17. The van der Waals surface area contributed by atoms with E-state index in [1.54, 1.807) is 13.0 Å². The highest BCUT2D eigenvalue weighted by Gasteiger charge is 2.03. The minimum atomic E-state index is -0.291. The molecule has 0 aliphatic carbocycles. The fraction of sp³-hybridized carbons (Fsp3) is 0.364. The maximum atomic E-state index is 12.8. The molecule has 0 aliphatic heterocycles. The Bertz CT molecular complexity index is 371. The summed E-state index contributed by atoms with van der Waals surface area (Å²) in [4.78, 5) is 11.0. The molecule has 16 heavy (non-hydrogen) atoms. The number of hydrogen-bond donors (Lipinski definition) is 1. The van der Waals surface area contributed by atoms with Crippen molar-refractivity contribution in [3.05, 3.63) is 34.1 Å². The molecular formula is C11H13BrFNO2. The van der Waals surface area contributed by atoms with Gasteiger partial charge in [0.15, 0.2) is 0 Å². The van der Waals surface area contributed by atoms with Crippen molar-refractivity contribution in [1.82, 2.24) is 5.32 Å². The van der Waals surface area contributed by atoms with E-state index in [0.29, 0.717) is 17.6 Å². The number of carbonyl (C=O) groups is 1. The SMILES string of the molecule is CCOC(=O)CNCc1ccc(F)cc1Br. The van der Waals surface area contributed by atoms with Gasteiger partial charge in [0.1, 0.15) is 5.82 Å². The van der Waals surface area contributed by atoms with Crippen molar-refractivity contribution in [3.63, 3.8) is 0 Å². The molecule has 0 aromatic heterocycles. The minimum absolute atomic E-state index is 0.150. The van der Waals surface area contributed by atoms with Crippen LogP contribution in [0.1, 0.15) is 12.5 Å². The molecule has 1 rings (SSSR count). The lowest BCUT2D eigenvalue weighted by molar-refractivity contribution is -0.142. The van der Waals surface area contributed by atoms with Gasteiger partial charge in [-0.1, -0.05) is 22.0 Å². The molecule has 0 saturated heterocycles. The first-order valence-electron chi connectivity index (χ1n) is 4.93. The van der Waals surface area contributed by atoms with E-state index in [0.717, 1.165) is 5.56 Å². The highest BCUT2D eigenvalue weighted by atomic mass is 79.9. The monoisotopic (exact) mass is 289 g/mol. The number of nitrogens with one attached hydrogen (secondary N) is 1. The predicted octanol–water partition coefficient (Wildman–Crippen LogP) is 2.24. The van der Waals surface area contributed by atoms with E-state index >= 15 is 0 Å². The van der Waals surface area contributed by atoms with E-state index in [1.165, 1.54) is 12.1 Å². The summed E-state index contributed by atoms with van der Waals surface area (Å²) in [5.74, 6) is -0.582. The number of esters is 1. The Hall–Kier alpha value is -0.940. The fourth-order valence-corrected chi connectivity index (χ4v) is 1.67. The van der Waals surface area contributed by atoms with Crippen molar-refractivity contribution >= 4 is 21.9 Å². The Labute approximate surface area is 102 Å². The van der Waals surface area contributed by atoms with Crippen LogP contribution in [0, 0.1) is 5.82 Å². The van der Waals surface area contributed by atoms with Gasteiger partial charge in [0.05, 0.1) is 13.2 Å². The summed E-state index contributed by atoms with van der Waals surface area (Å²) in [6, 6.07) is 4.44. The topological polar surface area (TPSA) is 38.3 Å². The van der Waals surface area contributed by atoms with Crippen molar-refractivity contribution in [2.75, 3.05) is 13.2 Å². The third kappa shape index (κ3) is 4.28. The number of hydrogen-bond acceptors (Lipinski definition) is 3. The van der Waals surface area contributed by atoms with Gasteiger partial charge in [-0.15, -0.1) is 0 Å². The van der Waals surface area contributed by atoms with Crippen LogP contribution in [0.5, 0.6) is 0 Å². The van der Waals surface area contributed by atoms with Crippen molar-refractivity contribution in [2.24, 2.45) is 0 Å². The van der Waals surface area contributed by atoms with Gasteiger partial charge >= 0.3 is 5.97 Å². The summed E-state index contributed by atoms with van der Waals surface area (Å²) in [5, 5.41) is 2.92. The van der Waals surface area contributed by atoms with Gasteiger partial charge in [-0.2, -0.15) is 0 Å². The van der Waals surface area contributed by atoms with E-state index in [4.69, 9.17) is 4.74 Å². The maximum absolute atomic E-state index is 12.8. The van der Waals surface area contributed by atoms with Crippen LogP contribution in [0.3, 0.4) is 0 Å². The zero-order valence-corrected chi connectivity index (χ0v) is 10.5. The van der Waals surface area contributed by atoms with Crippen LogP contribution in [0.25, 0.3) is 0 Å². The molecule has 0 bridgehead atoms. The number of rotatable bonds is 5. The summed E-state index contributed by atoms with van der Waals surface area (Å²) in [6.07, 6.45) is 0. The third-order valence-corrected chi connectivity index (χ3v) is 2.64. The number of carbonyl (C=O) groups excluding carboxylic acids is 1. The second-order valence-electron chi connectivity index (χ2n) is 3.14. The third-order valence-electron chi connectivity index (χ3n) is 1.91. The molecule has 3 nitrogen and oxygen atoms in total. The van der Waals surface area contributed by atoms with Crippen LogP contribution in [-0.4, -0.2) is 19.1 Å². The maximum Gasteiger partial charge on any atom is 0.319 e. The van der Waals surface area contributed by atoms with Gasteiger partial charge in [0.2, 0.25) is 0 Å². The van der Waals surface area contributed by atoms with Crippen molar-refractivity contribution in [1.29, 1.82) is 0 Å². The summed E-state index contributed by atoms with van der Waals surface area (Å²) in [6.45, 7) is 2.77. The molecule has 1 aromatic carbocycles. The number of benzene rings is 1. The van der Waals surface area contributed by atoms with E-state index in [1.807, 2.05) is 0 Å². The molecule has 0 atom stereocenters. The molecule has 0 unspecified atom stereocenters. The molecule has 0 fully saturated rings. The van der Waals surface area contributed by atoms with Gasteiger partial charge in [-0.25, -0.2) is 4.39 Å². The van der Waals surface area contributed by atoms with Gasteiger partial charge in [0.25, 0.3) is 0 Å². The fourth-order valence-electron chi connectivity index (χ4n) is 1.18. The molecule has 0 aliphatic rings. The Morgan fingerprint density at radius 1 is 1.56 bits per heavy atom. The van der Waals surface area contributed by atoms with Crippen LogP contribution in [-0.2, 0) is 16.1 Å². The van der Waals surface area contributed by atoms with Crippen molar-refractivity contribution in [3.8, 4) is 0 Å². The first-order chi connectivity index (χ1) is 7.63. The highest BCUT2D eigenvalue weighted by molar-refractivity contribution is 9.10. The van der Waals surface area contributed by atoms with Gasteiger partial charge in [-0.3, -0.25) is 4.79 Å². The van der Waals surface area contributed by atoms with Crippen LogP contribution in [0.15, 0.2) is 22.7 Å². The first kappa shape index (κ1) is 13.1. The summed E-state index contributed by atoms with van der Waals surface area (Å²) >= 11 is 3.25. The molecular weight excluding hydrogens is 277 g/mol. The predicted molar refractivity (Wildman–Crippen MR) is 62.4 cm³/mol. The van der Waals surface area contributed by atoms with Crippen LogP contribution in [0.4, 0.5) is 4.39 Å². The zero-order chi connectivity index (χ0) is 12.0. The number of ether oxygens (including phenoxy) is 1. The Morgan fingerprint density at radius 3 is 2.94 bits per heavy atom. The largest absolute Gasteiger partial charge is 0.465 e. The molecule has 0 heterocycles. The molecule has 0 saturated carbocycles. The molecule has 88 valence electrons. The van der Waals surface area contributed by atoms with Crippen LogP contribution < -0.4 is 5.32 Å². The minimum Gasteiger partial charge on any atom is -0.465 e.